The van der Waals surface area contributed by atoms with E-state index in [1.165, 1.54) is 31.4 Å². The van der Waals surface area contributed by atoms with Gasteiger partial charge in [-0.15, -0.1) is 0 Å². The van der Waals surface area contributed by atoms with Crippen LogP contribution in [0, 0.1) is 0 Å². The van der Waals surface area contributed by atoms with E-state index in [2.05, 4.69) is 22.5 Å². The number of benzene rings is 3. The molecule has 0 aliphatic rings. The Morgan fingerprint density at radius 2 is 1.15 bits per heavy atom. The number of unbranched alkanes of at least 4 members (excludes halogenated alkanes) is 1. The molecule has 0 atom stereocenters. The maximum atomic E-state index is 12.4. The van der Waals surface area contributed by atoms with Gasteiger partial charge in [0, 0.05) is 11.1 Å². The van der Waals surface area contributed by atoms with Crippen molar-refractivity contribution in [3.05, 3.63) is 89.5 Å². The van der Waals surface area contributed by atoms with Crippen LogP contribution in [0.2, 0.25) is 0 Å². The first-order chi connectivity index (χ1) is 16.0. The van der Waals surface area contributed by atoms with Crippen molar-refractivity contribution in [1.82, 2.24) is 10.9 Å². The van der Waals surface area contributed by atoms with E-state index in [-0.39, 0.29) is 0 Å². The van der Waals surface area contributed by atoms with E-state index >= 15 is 0 Å². The normalized spacial score (nSPS) is 10.2. The fraction of sp³-hybridized carbons (Fsp3) is 0.192. The highest BCUT2D eigenvalue weighted by molar-refractivity contribution is 6.00. The van der Waals surface area contributed by atoms with Gasteiger partial charge in [-0.1, -0.05) is 37.6 Å². The minimum atomic E-state index is -0.502. The molecule has 0 saturated carbocycles. The Morgan fingerprint density at radius 1 is 0.697 bits per heavy atom. The molecule has 2 amide bonds. The molecule has 0 saturated heterocycles. The zero-order valence-corrected chi connectivity index (χ0v) is 18.6. The van der Waals surface area contributed by atoms with Gasteiger partial charge in [0.15, 0.2) is 0 Å². The predicted molar refractivity (Wildman–Crippen MR) is 125 cm³/mol. The van der Waals surface area contributed by atoms with Gasteiger partial charge in [0.25, 0.3) is 11.8 Å². The van der Waals surface area contributed by atoms with Crippen molar-refractivity contribution in [2.24, 2.45) is 0 Å². The summed E-state index contributed by atoms with van der Waals surface area (Å²) in [6, 6.07) is 20.8. The van der Waals surface area contributed by atoms with E-state index in [1.807, 2.05) is 36.4 Å². The van der Waals surface area contributed by atoms with Crippen molar-refractivity contribution in [1.29, 1.82) is 0 Å². The summed E-state index contributed by atoms with van der Waals surface area (Å²) in [5.74, 6) is -0.604. The molecule has 0 aliphatic heterocycles. The molecule has 3 aromatic rings. The van der Waals surface area contributed by atoms with Gasteiger partial charge < -0.3 is 9.47 Å². The second-order valence-electron chi connectivity index (χ2n) is 7.28. The first-order valence-electron chi connectivity index (χ1n) is 10.6. The minimum absolute atomic E-state index is 0.292. The van der Waals surface area contributed by atoms with Crippen molar-refractivity contribution in [2.45, 2.75) is 19.8 Å². The monoisotopic (exact) mass is 446 g/mol. The first kappa shape index (κ1) is 23.5. The maximum absolute atomic E-state index is 12.4. The highest BCUT2D eigenvalue weighted by Gasteiger charge is 2.11. The van der Waals surface area contributed by atoms with Crippen molar-refractivity contribution in [3.8, 4) is 16.9 Å². The summed E-state index contributed by atoms with van der Waals surface area (Å²) in [6.07, 6.45) is 2.11. The molecule has 3 rings (SSSR count). The van der Waals surface area contributed by atoms with E-state index in [0.717, 1.165) is 29.7 Å². The molecule has 7 heteroatoms. The smallest absolute Gasteiger partial charge is 0.337 e. The Labute approximate surface area is 192 Å². The summed E-state index contributed by atoms with van der Waals surface area (Å²) >= 11 is 0. The predicted octanol–water partition coefficient (Wildman–Crippen LogP) is 4.39. The average Bonchev–Trinajstić information content (AvgIpc) is 2.87. The third-order valence-corrected chi connectivity index (χ3v) is 4.96. The van der Waals surface area contributed by atoms with E-state index < -0.39 is 17.8 Å². The number of ether oxygens (including phenoxy) is 2. The van der Waals surface area contributed by atoms with Crippen LogP contribution in [-0.2, 0) is 4.74 Å². The molecular formula is C26H26N2O5. The maximum Gasteiger partial charge on any atom is 0.337 e. The summed E-state index contributed by atoms with van der Waals surface area (Å²) in [5, 5.41) is 0. The molecular weight excluding hydrogens is 420 g/mol. The van der Waals surface area contributed by atoms with Gasteiger partial charge in [-0.05, 0) is 66.1 Å². The van der Waals surface area contributed by atoms with E-state index in [4.69, 9.17) is 4.74 Å². The second kappa shape index (κ2) is 11.5. The quantitative estimate of drug-likeness (QED) is 0.304. The Balaban J connectivity index is 1.54. The number of amides is 2. The Morgan fingerprint density at radius 3 is 1.64 bits per heavy atom. The van der Waals surface area contributed by atoms with Crippen molar-refractivity contribution < 1.29 is 23.9 Å². The zero-order chi connectivity index (χ0) is 23.6. The lowest BCUT2D eigenvalue weighted by atomic mass is 10.0. The molecule has 0 fully saturated rings. The van der Waals surface area contributed by atoms with Crippen LogP contribution in [0.5, 0.6) is 5.75 Å². The van der Waals surface area contributed by atoms with Gasteiger partial charge in [-0.3, -0.25) is 20.4 Å². The number of hydrazine groups is 1. The van der Waals surface area contributed by atoms with Crippen LogP contribution < -0.4 is 15.6 Å². The molecule has 0 unspecified atom stereocenters. The highest BCUT2D eigenvalue weighted by atomic mass is 16.5. The van der Waals surface area contributed by atoms with E-state index in [1.54, 1.807) is 12.1 Å². The number of esters is 1. The first-order valence-corrected chi connectivity index (χ1v) is 10.6. The van der Waals surface area contributed by atoms with Crippen LogP contribution in [0.1, 0.15) is 50.8 Å². The highest BCUT2D eigenvalue weighted by Crippen LogP contribution is 2.23. The molecule has 170 valence electrons. The number of hydrogen-bond donors (Lipinski definition) is 2. The van der Waals surface area contributed by atoms with Gasteiger partial charge in [-0.2, -0.15) is 0 Å². The van der Waals surface area contributed by atoms with Crippen molar-refractivity contribution in [3.63, 3.8) is 0 Å². The molecule has 0 spiro atoms. The van der Waals surface area contributed by atoms with Gasteiger partial charge in [0.2, 0.25) is 0 Å². The van der Waals surface area contributed by atoms with Crippen molar-refractivity contribution in [2.75, 3.05) is 13.7 Å². The van der Waals surface area contributed by atoms with Crippen LogP contribution in [0.15, 0.2) is 72.8 Å². The molecule has 0 radical (unpaired) electrons. The number of hydrogen-bond acceptors (Lipinski definition) is 5. The van der Waals surface area contributed by atoms with Crippen LogP contribution >= 0.6 is 0 Å². The van der Waals surface area contributed by atoms with Crippen LogP contribution in [0.25, 0.3) is 11.1 Å². The Hall–Kier alpha value is -4.13. The standard InChI is InChI=1S/C26H26N2O5/c1-3-4-17-33-23-15-13-19(14-16-23)18-5-7-20(8-6-18)24(29)27-28-25(30)21-9-11-22(12-10-21)26(31)32-2/h5-16H,3-4,17H2,1-2H3,(H,27,29)(H,28,30). The summed E-state index contributed by atoms with van der Waals surface area (Å²) in [4.78, 5) is 36.1. The van der Waals surface area contributed by atoms with Gasteiger partial charge >= 0.3 is 5.97 Å². The summed E-state index contributed by atoms with van der Waals surface area (Å²) in [7, 11) is 1.28. The largest absolute Gasteiger partial charge is 0.494 e. The second-order valence-corrected chi connectivity index (χ2v) is 7.28. The molecule has 0 heterocycles. The van der Waals surface area contributed by atoms with Crippen LogP contribution in [0.3, 0.4) is 0 Å². The number of carbonyl (C=O) groups is 3. The third-order valence-electron chi connectivity index (χ3n) is 4.96. The summed E-state index contributed by atoms with van der Waals surface area (Å²) in [5.41, 5.74) is 7.75. The molecule has 0 aliphatic carbocycles. The molecule has 0 aromatic heterocycles. The average molecular weight is 447 g/mol. The number of methoxy groups -OCH3 is 1. The number of carbonyl (C=O) groups excluding carboxylic acids is 3. The lowest BCUT2D eigenvalue weighted by Crippen LogP contribution is -2.41. The number of rotatable bonds is 8. The molecule has 2 N–H and O–H groups in total. The molecule has 3 aromatic carbocycles. The molecule has 7 nitrogen and oxygen atoms in total. The van der Waals surface area contributed by atoms with Crippen LogP contribution in [-0.4, -0.2) is 31.5 Å². The fourth-order valence-corrected chi connectivity index (χ4v) is 3.03. The summed E-state index contributed by atoms with van der Waals surface area (Å²) in [6.45, 7) is 2.83. The fourth-order valence-electron chi connectivity index (χ4n) is 3.03. The topological polar surface area (TPSA) is 93.7 Å². The van der Waals surface area contributed by atoms with E-state index in [0.29, 0.717) is 23.3 Å². The molecule has 0 bridgehead atoms. The SMILES string of the molecule is CCCCOc1ccc(-c2ccc(C(=O)NNC(=O)c3ccc(C(=O)OC)cc3)cc2)cc1. The Kier molecular flexibility index (Phi) is 8.18. The van der Waals surface area contributed by atoms with Gasteiger partial charge in [0.1, 0.15) is 5.75 Å². The lowest BCUT2D eigenvalue weighted by molar-refractivity contribution is 0.0600. The minimum Gasteiger partial charge on any atom is -0.494 e. The van der Waals surface area contributed by atoms with Gasteiger partial charge in [0.05, 0.1) is 19.3 Å². The molecule has 33 heavy (non-hydrogen) atoms. The third kappa shape index (κ3) is 6.43. The lowest BCUT2D eigenvalue weighted by Gasteiger charge is -2.09. The zero-order valence-electron chi connectivity index (χ0n) is 18.6. The van der Waals surface area contributed by atoms with Crippen molar-refractivity contribution >= 4 is 17.8 Å². The van der Waals surface area contributed by atoms with E-state index in [9.17, 15) is 14.4 Å². The number of nitrogens with one attached hydrogen (secondary N) is 2. The van der Waals surface area contributed by atoms with Gasteiger partial charge in [-0.25, -0.2) is 4.79 Å². The summed E-state index contributed by atoms with van der Waals surface area (Å²) < 4.78 is 10.3. The van der Waals surface area contributed by atoms with Crippen LogP contribution in [0.4, 0.5) is 0 Å². The Bertz CT molecular complexity index is 1090.